The summed E-state index contributed by atoms with van der Waals surface area (Å²) in [5, 5.41) is 2.32. The molecule has 1 heterocycles. The first-order valence-corrected chi connectivity index (χ1v) is 8.22. The highest BCUT2D eigenvalue weighted by Gasteiger charge is 2.35. The monoisotopic (exact) mass is 408 g/mol. The lowest BCUT2D eigenvalue weighted by Gasteiger charge is -2.12. The number of halogens is 5. The van der Waals surface area contributed by atoms with E-state index in [2.05, 4.69) is 10.3 Å². The van der Waals surface area contributed by atoms with Crippen LogP contribution in [0.5, 0.6) is 11.6 Å². The summed E-state index contributed by atoms with van der Waals surface area (Å²) < 4.78 is 71.9. The maximum Gasteiger partial charge on any atom is 0.421 e. The Kier molecular flexibility index (Phi) is 5.49. The van der Waals surface area contributed by atoms with Gasteiger partial charge in [-0.1, -0.05) is 0 Å². The number of nitrogens with one attached hydrogen (secondary N) is 1. The molecule has 29 heavy (non-hydrogen) atoms. The third-order valence-corrected chi connectivity index (χ3v) is 3.82. The number of aromatic nitrogens is 1. The minimum atomic E-state index is -4.64. The van der Waals surface area contributed by atoms with Crippen LogP contribution < -0.4 is 10.1 Å². The fourth-order valence-corrected chi connectivity index (χ4v) is 2.52. The summed E-state index contributed by atoms with van der Waals surface area (Å²) in [4.78, 5) is 15.7. The molecule has 0 saturated heterocycles. The standard InChI is InChI=1S/C20H13F5N2O2/c1-11-9-15(21)17(16(22)10-11)18(28)27-12-4-6-13(7-5-12)29-19-14(20(23,24)25)3-2-8-26-19/h2-10H,1H3,(H,27,28). The molecule has 0 aliphatic rings. The fraction of sp³-hybridized carbons (Fsp3) is 0.100. The first kappa shape index (κ1) is 20.2. The lowest BCUT2D eigenvalue weighted by Crippen LogP contribution is -2.16. The Labute approximate surface area is 162 Å². The lowest BCUT2D eigenvalue weighted by molar-refractivity contribution is -0.138. The first-order valence-electron chi connectivity index (χ1n) is 8.22. The van der Waals surface area contributed by atoms with Gasteiger partial charge in [0, 0.05) is 11.9 Å². The van der Waals surface area contributed by atoms with Crippen LogP contribution in [-0.2, 0) is 6.18 Å². The van der Waals surface area contributed by atoms with E-state index in [1.807, 2.05) is 0 Å². The molecule has 0 fully saturated rings. The van der Waals surface area contributed by atoms with Crippen LogP contribution >= 0.6 is 0 Å². The third-order valence-electron chi connectivity index (χ3n) is 3.82. The molecular formula is C20H13F5N2O2. The van der Waals surface area contributed by atoms with Crippen molar-refractivity contribution < 1.29 is 31.5 Å². The van der Waals surface area contributed by atoms with Crippen LogP contribution in [-0.4, -0.2) is 10.9 Å². The smallest absolute Gasteiger partial charge is 0.421 e. The van der Waals surface area contributed by atoms with E-state index < -0.39 is 40.7 Å². The molecule has 0 saturated carbocycles. The lowest BCUT2D eigenvalue weighted by atomic mass is 10.1. The maximum absolute atomic E-state index is 13.9. The predicted octanol–water partition coefficient (Wildman–Crippen LogP) is 5.73. The van der Waals surface area contributed by atoms with E-state index in [0.29, 0.717) is 5.56 Å². The van der Waals surface area contributed by atoms with Crippen molar-refractivity contribution in [2.24, 2.45) is 0 Å². The van der Waals surface area contributed by atoms with E-state index in [4.69, 9.17) is 4.74 Å². The molecular weight excluding hydrogens is 395 g/mol. The second-order valence-electron chi connectivity index (χ2n) is 6.04. The average molecular weight is 408 g/mol. The predicted molar refractivity (Wildman–Crippen MR) is 94.8 cm³/mol. The number of aryl methyl sites for hydroxylation is 1. The number of ether oxygens (including phenoxy) is 1. The molecule has 9 heteroatoms. The van der Waals surface area contributed by atoms with Crippen molar-refractivity contribution in [3.8, 4) is 11.6 Å². The summed E-state index contributed by atoms with van der Waals surface area (Å²) in [7, 11) is 0. The van der Waals surface area contributed by atoms with Gasteiger partial charge in [-0.25, -0.2) is 13.8 Å². The molecule has 3 aromatic rings. The van der Waals surface area contributed by atoms with Gasteiger partial charge in [-0.2, -0.15) is 13.2 Å². The van der Waals surface area contributed by atoms with E-state index in [1.165, 1.54) is 31.2 Å². The van der Waals surface area contributed by atoms with Crippen molar-refractivity contribution >= 4 is 11.6 Å². The Morgan fingerprint density at radius 2 is 1.66 bits per heavy atom. The van der Waals surface area contributed by atoms with Gasteiger partial charge in [0.25, 0.3) is 5.91 Å². The molecule has 0 atom stereocenters. The molecule has 1 N–H and O–H groups in total. The number of benzene rings is 2. The van der Waals surface area contributed by atoms with Crippen LogP contribution in [0.25, 0.3) is 0 Å². The number of anilines is 1. The second-order valence-corrected chi connectivity index (χ2v) is 6.04. The number of pyridine rings is 1. The zero-order valence-corrected chi connectivity index (χ0v) is 14.8. The van der Waals surface area contributed by atoms with E-state index in [9.17, 15) is 26.7 Å². The van der Waals surface area contributed by atoms with Crippen LogP contribution in [0, 0.1) is 18.6 Å². The van der Waals surface area contributed by atoms with Gasteiger partial charge in [-0.3, -0.25) is 4.79 Å². The number of hydrogen-bond donors (Lipinski definition) is 1. The normalized spacial score (nSPS) is 11.2. The number of nitrogens with zero attached hydrogens (tertiary/aromatic N) is 1. The maximum atomic E-state index is 13.9. The molecule has 2 aromatic carbocycles. The summed E-state index contributed by atoms with van der Waals surface area (Å²) in [6.07, 6.45) is -3.48. The first-order chi connectivity index (χ1) is 13.6. The van der Waals surface area contributed by atoms with Crippen LogP contribution in [0.15, 0.2) is 54.7 Å². The summed E-state index contributed by atoms with van der Waals surface area (Å²) in [5.41, 5.74) is -1.29. The Balaban J connectivity index is 1.76. The number of hydrogen-bond acceptors (Lipinski definition) is 3. The fourth-order valence-electron chi connectivity index (χ4n) is 2.52. The van der Waals surface area contributed by atoms with Crippen molar-refractivity contribution in [2.45, 2.75) is 13.1 Å². The molecule has 150 valence electrons. The Morgan fingerprint density at radius 1 is 1.03 bits per heavy atom. The van der Waals surface area contributed by atoms with Crippen LogP contribution in [0.1, 0.15) is 21.5 Å². The summed E-state index contributed by atoms with van der Waals surface area (Å²) in [6, 6.07) is 9.22. The van der Waals surface area contributed by atoms with Crippen molar-refractivity contribution in [3.05, 3.63) is 83.1 Å². The van der Waals surface area contributed by atoms with Gasteiger partial charge in [0.15, 0.2) is 0 Å². The molecule has 0 radical (unpaired) electrons. The molecule has 3 rings (SSSR count). The van der Waals surface area contributed by atoms with Crippen molar-refractivity contribution in [1.29, 1.82) is 0 Å². The number of carbonyl (C=O) groups is 1. The Hall–Kier alpha value is -3.49. The number of alkyl halides is 3. The number of carbonyl (C=O) groups excluding carboxylic acids is 1. The number of rotatable bonds is 4. The highest BCUT2D eigenvalue weighted by atomic mass is 19.4. The topological polar surface area (TPSA) is 51.2 Å². The molecule has 0 aliphatic heterocycles. The van der Waals surface area contributed by atoms with Gasteiger partial charge in [0.1, 0.15) is 28.5 Å². The average Bonchev–Trinajstić information content (AvgIpc) is 2.62. The largest absolute Gasteiger partial charge is 0.438 e. The minimum absolute atomic E-state index is 0.0277. The SMILES string of the molecule is Cc1cc(F)c(C(=O)Nc2ccc(Oc3ncccc3C(F)(F)F)cc2)c(F)c1. The zero-order valence-electron chi connectivity index (χ0n) is 14.8. The Bertz CT molecular complexity index is 1030. The van der Waals surface area contributed by atoms with Gasteiger partial charge in [0.2, 0.25) is 5.88 Å². The van der Waals surface area contributed by atoms with Gasteiger partial charge < -0.3 is 10.1 Å². The van der Waals surface area contributed by atoms with Crippen LogP contribution in [0.3, 0.4) is 0 Å². The highest BCUT2D eigenvalue weighted by Crippen LogP contribution is 2.36. The van der Waals surface area contributed by atoms with Gasteiger partial charge >= 0.3 is 6.18 Å². The second kappa shape index (κ2) is 7.86. The molecule has 1 aromatic heterocycles. The van der Waals surface area contributed by atoms with E-state index in [0.717, 1.165) is 30.5 Å². The van der Waals surface area contributed by atoms with Gasteiger partial charge in [-0.15, -0.1) is 0 Å². The molecule has 0 aliphatic carbocycles. The molecule has 0 bridgehead atoms. The highest BCUT2D eigenvalue weighted by molar-refractivity contribution is 6.04. The summed E-state index contributed by atoms with van der Waals surface area (Å²) in [6.45, 7) is 1.48. The van der Waals surface area contributed by atoms with Crippen molar-refractivity contribution in [3.63, 3.8) is 0 Å². The van der Waals surface area contributed by atoms with Crippen molar-refractivity contribution in [2.75, 3.05) is 5.32 Å². The van der Waals surface area contributed by atoms with Crippen molar-refractivity contribution in [1.82, 2.24) is 4.98 Å². The third kappa shape index (κ3) is 4.68. The van der Waals surface area contributed by atoms with E-state index in [-0.39, 0.29) is 11.4 Å². The Morgan fingerprint density at radius 3 is 2.24 bits per heavy atom. The molecule has 0 unspecified atom stereocenters. The van der Waals surface area contributed by atoms with Crippen LogP contribution in [0.2, 0.25) is 0 Å². The number of amides is 1. The zero-order chi connectivity index (χ0) is 21.2. The molecule has 4 nitrogen and oxygen atoms in total. The summed E-state index contributed by atoms with van der Waals surface area (Å²) in [5.74, 6) is -3.61. The quantitative estimate of drug-likeness (QED) is 0.561. The van der Waals surface area contributed by atoms with E-state index in [1.54, 1.807) is 0 Å². The van der Waals surface area contributed by atoms with Gasteiger partial charge in [-0.05, 0) is 61.0 Å². The van der Waals surface area contributed by atoms with Gasteiger partial charge in [0.05, 0.1) is 0 Å². The van der Waals surface area contributed by atoms with Crippen LogP contribution in [0.4, 0.5) is 27.6 Å². The molecule has 1 amide bonds. The van der Waals surface area contributed by atoms with E-state index >= 15 is 0 Å². The minimum Gasteiger partial charge on any atom is -0.438 e. The summed E-state index contributed by atoms with van der Waals surface area (Å²) >= 11 is 0. The molecule has 0 spiro atoms.